The molecule has 6 nitrogen and oxygen atoms in total. The van der Waals surface area contributed by atoms with Crippen LogP contribution in [0.1, 0.15) is 38.5 Å². The molecule has 0 spiro atoms. The minimum absolute atomic E-state index is 0.102. The average Bonchev–Trinajstić information content (AvgIpc) is 3.26. The SMILES string of the molecule is COc1ccc(OCCCC(=O)N2CCC(C(=O)N3CCCC3)CC2)cc1. The summed E-state index contributed by atoms with van der Waals surface area (Å²) < 4.78 is 10.8. The standard InChI is InChI=1S/C21H30N2O4/c1-26-18-6-8-19(9-7-18)27-16-4-5-20(24)22-14-10-17(11-15-22)21(25)23-12-2-3-13-23/h6-9,17H,2-5,10-16H2,1H3. The quantitative estimate of drug-likeness (QED) is 0.689. The fraction of sp³-hybridized carbons (Fsp3) is 0.619. The summed E-state index contributed by atoms with van der Waals surface area (Å²) in [6, 6.07) is 7.44. The molecule has 2 aliphatic rings. The maximum Gasteiger partial charge on any atom is 0.225 e. The molecule has 0 saturated carbocycles. The third-order valence-electron chi connectivity index (χ3n) is 5.48. The summed E-state index contributed by atoms with van der Waals surface area (Å²) in [5.74, 6) is 2.15. The summed E-state index contributed by atoms with van der Waals surface area (Å²) in [5.41, 5.74) is 0. The Kier molecular flexibility index (Phi) is 6.96. The summed E-state index contributed by atoms with van der Waals surface area (Å²) in [6.45, 7) is 3.73. The van der Waals surface area contributed by atoms with Crippen molar-refractivity contribution in [3.8, 4) is 11.5 Å². The Balaban J connectivity index is 1.32. The number of methoxy groups -OCH3 is 1. The van der Waals surface area contributed by atoms with Crippen LogP contribution in [0.3, 0.4) is 0 Å². The van der Waals surface area contributed by atoms with Crippen molar-refractivity contribution in [2.45, 2.75) is 38.5 Å². The van der Waals surface area contributed by atoms with Gasteiger partial charge < -0.3 is 19.3 Å². The topological polar surface area (TPSA) is 59.1 Å². The van der Waals surface area contributed by atoms with Gasteiger partial charge in [-0.05, 0) is 56.4 Å². The summed E-state index contributed by atoms with van der Waals surface area (Å²) in [4.78, 5) is 28.7. The lowest BCUT2D eigenvalue weighted by atomic mass is 9.95. The number of hydrogen-bond acceptors (Lipinski definition) is 4. The van der Waals surface area contributed by atoms with Crippen molar-refractivity contribution < 1.29 is 19.1 Å². The highest BCUT2D eigenvalue weighted by molar-refractivity contribution is 5.80. The lowest BCUT2D eigenvalue weighted by Crippen LogP contribution is -2.43. The molecule has 2 amide bonds. The summed E-state index contributed by atoms with van der Waals surface area (Å²) in [6.07, 6.45) is 5.02. The highest BCUT2D eigenvalue weighted by Gasteiger charge is 2.30. The molecule has 27 heavy (non-hydrogen) atoms. The molecule has 2 heterocycles. The van der Waals surface area contributed by atoms with Gasteiger partial charge in [0.05, 0.1) is 13.7 Å². The second-order valence-corrected chi connectivity index (χ2v) is 7.31. The molecular formula is C21H30N2O4. The van der Waals surface area contributed by atoms with Crippen molar-refractivity contribution in [1.82, 2.24) is 9.80 Å². The van der Waals surface area contributed by atoms with Crippen LogP contribution in [-0.2, 0) is 9.59 Å². The predicted molar refractivity (Wildman–Crippen MR) is 103 cm³/mol. The van der Waals surface area contributed by atoms with Crippen LogP contribution in [0.4, 0.5) is 0 Å². The molecule has 2 saturated heterocycles. The molecule has 1 aromatic rings. The zero-order valence-corrected chi connectivity index (χ0v) is 16.2. The maximum absolute atomic E-state index is 12.5. The van der Waals surface area contributed by atoms with Crippen molar-refractivity contribution in [3.05, 3.63) is 24.3 Å². The minimum atomic E-state index is 0.102. The number of nitrogens with zero attached hydrogens (tertiary/aromatic N) is 2. The van der Waals surface area contributed by atoms with E-state index in [2.05, 4.69) is 0 Å². The van der Waals surface area contributed by atoms with Crippen LogP contribution in [0.25, 0.3) is 0 Å². The Morgan fingerprint density at radius 3 is 2.22 bits per heavy atom. The van der Waals surface area contributed by atoms with Gasteiger partial charge in [-0.1, -0.05) is 0 Å². The molecule has 1 aromatic carbocycles. The first kappa shape index (κ1) is 19.5. The Labute approximate surface area is 161 Å². The highest BCUT2D eigenvalue weighted by Crippen LogP contribution is 2.23. The average molecular weight is 374 g/mol. The van der Waals surface area contributed by atoms with E-state index in [0.717, 1.165) is 50.3 Å². The third kappa shape index (κ3) is 5.37. The molecule has 148 valence electrons. The molecule has 3 rings (SSSR count). The van der Waals surface area contributed by atoms with Gasteiger partial charge in [-0.3, -0.25) is 9.59 Å². The largest absolute Gasteiger partial charge is 0.497 e. The number of carbonyl (C=O) groups is 2. The van der Waals surface area contributed by atoms with Crippen molar-refractivity contribution in [3.63, 3.8) is 0 Å². The molecular weight excluding hydrogens is 344 g/mol. The van der Waals surface area contributed by atoms with Gasteiger partial charge in [-0.25, -0.2) is 0 Å². The van der Waals surface area contributed by atoms with E-state index in [-0.39, 0.29) is 11.8 Å². The van der Waals surface area contributed by atoms with Gasteiger partial charge in [-0.2, -0.15) is 0 Å². The molecule has 0 atom stereocenters. The Morgan fingerprint density at radius 1 is 0.963 bits per heavy atom. The first-order valence-corrected chi connectivity index (χ1v) is 10.0. The number of hydrogen-bond donors (Lipinski definition) is 0. The van der Waals surface area contributed by atoms with Gasteiger partial charge in [-0.15, -0.1) is 0 Å². The number of rotatable bonds is 7. The van der Waals surface area contributed by atoms with Gasteiger partial charge >= 0.3 is 0 Å². The molecule has 0 aliphatic carbocycles. The van der Waals surface area contributed by atoms with Crippen LogP contribution < -0.4 is 9.47 Å². The number of amides is 2. The normalized spacial score (nSPS) is 17.8. The first-order chi connectivity index (χ1) is 13.2. The summed E-state index contributed by atoms with van der Waals surface area (Å²) in [5, 5.41) is 0. The highest BCUT2D eigenvalue weighted by atomic mass is 16.5. The van der Waals surface area contributed by atoms with Crippen molar-refractivity contribution in [2.75, 3.05) is 39.9 Å². The van der Waals surface area contributed by atoms with Gasteiger partial charge in [0.1, 0.15) is 11.5 Å². The smallest absolute Gasteiger partial charge is 0.225 e. The van der Waals surface area contributed by atoms with E-state index in [9.17, 15) is 9.59 Å². The zero-order valence-electron chi connectivity index (χ0n) is 16.2. The molecule has 0 unspecified atom stereocenters. The van der Waals surface area contributed by atoms with E-state index in [1.54, 1.807) is 7.11 Å². The number of piperidine rings is 1. The monoisotopic (exact) mass is 374 g/mol. The lowest BCUT2D eigenvalue weighted by molar-refractivity contribution is -0.140. The van der Waals surface area contributed by atoms with Crippen LogP contribution in [0.15, 0.2) is 24.3 Å². The first-order valence-electron chi connectivity index (χ1n) is 10.0. The van der Waals surface area contributed by atoms with Crippen LogP contribution >= 0.6 is 0 Å². The molecule has 2 fully saturated rings. The number of benzene rings is 1. The van der Waals surface area contributed by atoms with Crippen LogP contribution in [0.2, 0.25) is 0 Å². The Morgan fingerprint density at radius 2 is 1.59 bits per heavy atom. The van der Waals surface area contributed by atoms with Gasteiger partial charge in [0, 0.05) is 38.5 Å². The van der Waals surface area contributed by atoms with Crippen LogP contribution in [-0.4, -0.2) is 61.5 Å². The van der Waals surface area contributed by atoms with Crippen LogP contribution in [0, 0.1) is 5.92 Å². The van der Waals surface area contributed by atoms with E-state index in [1.165, 1.54) is 0 Å². The number of carbonyl (C=O) groups excluding carboxylic acids is 2. The molecule has 2 aliphatic heterocycles. The lowest BCUT2D eigenvalue weighted by Gasteiger charge is -2.33. The van der Waals surface area contributed by atoms with E-state index in [4.69, 9.17) is 9.47 Å². The van der Waals surface area contributed by atoms with Gasteiger partial charge in [0.25, 0.3) is 0 Å². The molecule has 0 radical (unpaired) electrons. The Hall–Kier alpha value is -2.24. The summed E-state index contributed by atoms with van der Waals surface area (Å²) >= 11 is 0. The second-order valence-electron chi connectivity index (χ2n) is 7.31. The fourth-order valence-electron chi connectivity index (χ4n) is 3.82. The van der Waals surface area contributed by atoms with Gasteiger partial charge in [0.15, 0.2) is 0 Å². The minimum Gasteiger partial charge on any atom is -0.497 e. The van der Waals surface area contributed by atoms with E-state index in [1.807, 2.05) is 34.1 Å². The third-order valence-corrected chi connectivity index (χ3v) is 5.48. The van der Waals surface area contributed by atoms with E-state index >= 15 is 0 Å². The molecule has 0 aromatic heterocycles. The van der Waals surface area contributed by atoms with Crippen molar-refractivity contribution >= 4 is 11.8 Å². The predicted octanol–water partition coefficient (Wildman–Crippen LogP) is 2.72. The zero-order chi connectivity index (χ0) is 19.1. The van der Waals surface area contributed by atoms with E-state index in [0.29, 0.717) is 38.4 Å². The fourth-order valence-corrected chi connectivity index (χ4v) is 3.82. The van der Waals surface area contributed by atoms with E-state index < -0.39 is 0 Å². The second kappa shape index (κ2) is 9.62. The molecule has 0 bridgehead atoms. The van der Waals surface area contributed by atoms with Crippen molar-refractivity contribution in [2.24, 2.45) is 5.92 Å². The van der Waals surface area contributed by atoms with Gasteiger partial charge in [0.2, 0.25) is 11.8 Å². The number of ether oxygens (including phenoxy) is 2. The number of likely N-dealkylation sites (tertiary alicyclic amines) is 2. The van der Waals surface area contributed by atoms with Crippen LogP contribution in [0.5, 0.6) is 11.5 Å². The Bertz CT molecular complexity index is 618. The molecule has 6 heteroatoms. The van der Waals surface area contributed by atoms with Crippen molar-refractivity contribution in [1.29, 1.82) is 0 Å². The maximum atomic E-state index is 12.5. The molecule has 0 N–H and O–H groups in total. The summed E-state index contributed by atoms with van der Waals surface area (Å²) in [7, 11) is 1.63.